The molecule has 3 unspecified atom stereocenters. The van der Waals surface area contributed by atoms with E-state index in [1.165, 1.54) is 54.1 Å². The van der Waals surface area contributed by atoms with Gasteiger partial charge >= 0.3 is 12.2 Å². The van der Waals surface area contributed by atoms with Gasteiger partial charge in [0.25, 0.3) is 0 Å². The van der Waals surface area contributed by atoms with Crippen LogP contribution in [0.4, 0.5) is 9.59 Å². The summed E-state index contributed by atoms with van der Waals surface area (Å²) in [4.78, 5) is 69.4. The fourth-order valence-corrected chi connectivity index (χ4v) is 11.2. The summed E-state index contributed by atoms with van der Waals surface area (Å²) >= 11 is 3.47. The van der Waals surface area contributed by atoms with Crippen molar-refractivity contribution in [3.8, 4) is 0 Å². The van der Waals surface area contributed by atoms with E-state index in [4.69, 9.17) is 9.47 Å². The number of aryl methyl sites for hydroxylation is 2. The zero-order valence-electron chi connectivity index (χ0n) is 45.8. The molecule has 76 heavy (non-hydrogen) atoms. The van der Waals surface area contributed by atoms with Crippen LogP contribution in [0.15, 0.2) is 114 Å². The molecule has 3 aliphatic heterocycles. The van der Waals surface area contributed by atoms with Gasteiger partial charge < -0.3 is 19.3 Å². The van der Waals surface area contributed by atoms with Crippen molar-refractivity contribution in [2.24, 2.45) is 17.8 Å². The first-order valence-corrected chi connectivity index (χ1v) is 28.0. The molecule has 0 aromatic heterocycles. The number of carbonyl (C=O) groups excluding carboxylic acids is 5. The summed E-state index contributed by atoms with van der Waals surface area (Å²) in [5.41, 5.74) is 3.73. The van der Waals surface area contributed by atoms with Crippen molar-refractivity contribution in [3.05, 3.63) is 141 Å². The highest BCUT2D eigenvalue weighted by atomic mass is 79.9. The second kappa shape index (κ2) is 25.2. The number of piperidine rings is 3. The summed E-state index contributed by atoms with van der Waals surface area (Å²) in [6.07, 6.45) is 8.82. The van der Waals surface area contributed by atoms with Gasteiger partial charge in [-0.05, 0) is 176 Å². The first-order chi connectivity index (χ1) is 35.7. The Morgan fingerprint density at radius 3 is 1.20 bits per heavy atom. The first kappa shape index (κ1) is 58.1. The van der Waals surface area contributed by atoms with E-state index >= 15 is 0 Å². The van der Waals surface area contributed by atoms with Crippen LogP contribution in [-0.2, 0) is 9.47 Å². The largest absolute Gasteiger partial charge is 0.444 e. The normalized spacial score (nSPS) is 19.2. The number of ether oxygens (including phenoxy) is 2. The molecule has 3 saturated heterocycles. The number of hydrogen-bond acceptors (Lipinski definition) is 8. The number of benzene rings is 6. The van der Waals surface area contributed by atoms with Crippen LogP contribution in [0.5, 0.6) is 0 Å². The maximum atomic E-state index is 13.0. The SMILES string of the molecule is CC(C)(C)OC(=O)N1CCCC(C(=O)c2ccc3cc(Br)ccc3c2)C1.Cc1ccc2cc(C(=O)C3CCCN(C(=O)OC(C)(C)C)C3)ccc2c1.Cc1ccc2cc(C(=O)C3CCCN(C4CCC4)C3)ccc2c1.Cl. The van der Waals surface area contributed by atoms with Crippen molar-refractivity contribution in [2.45, 2.75) is 130 Å². The molecule has 0 N–H and O–H groups in total. The maximum Gasteiger partial charge on any atom is 0.410 e. The van der Waals surface area contributed by atoms with Gasteiger partial charge in [-0.2, -0.15) is 0 Å². The molecule has 404 valence electrons. The second-order valence-electron chi connectivity index (χ2n) is 23.4. The van der Waals surface area contributed by atoms with Crippen LogP contribution < -0.4 is 0 Å². The number of fused-ring (bicyclic) bond motifs is 3. The fraction of sp³-hybridized carbons (Fsp3) is 0.453. The van der Waals surface area contributed by atoms with Crippen molar-refractivity contribution in [3.63, 3.8) is 0 Å². The Hall–Kier alpha value is -5.62. The lowest BCUT2D eigenvalue weighted by Crippen LogP contribution is -2.47. The van der Waals surface area contributed by atoms with Crippen LogP contribution in [0.25, 0.3) is 32.3 Å². The van der Waals surface area contributed by atoms with Crippen molar-refractivity contribution in [1.82, 2.24) is 14.7 Å². The molecular weight excluding hydrogens is 1040 g/mol. The summed E-state index contributed by atoms with van der Waals surface area (Å²) in [5.74, 6) is 0.399. The third-order valence-electron chi connectivity index (χ3n) is 14.9. The van der Waals surface area contributed by atoms with Gasteiger partial charge in [0.15, 0.2) is 17.3 Å². The molecule has 3 heterocycles. The Kier molecular flexibility index (Phi) is 19.3. The first-order valence-electron chi connectivity index (χ1n) is 27.2. The number of hydrogen-bond donors (Lipinski definition) is 0. The third-order valence-corrected chi connectivity index (χ3v) is 15.4. The van der Waals surface area contributed by atoms with Gasteiger partial charge in [-0.25, -0.2) is 9.59 Å². The molecule has 2 amide bonds. The van der Waals surface area contributed by atoms with Gasteiger partial charge in [0.05, 0.1) is 0 Å². The van der Waals surface area contributed by atoms with E-state index in [0.717, 1.165) is 81.8 Å². The molecule has 10 nitrogen and oxygen atoms in total. The fourth-order valence-electron chi connectivity index (χ4n) is 10.8. The number of carbonyl (C=O) groups is 5. The number of likely N-dealkylation sites (tertiary alicyclic amines) is 3. The summed E-state index contributed by atoms with van der Waals surface area (Å²) in [7, 11) is 0. The molecule has 3 atom stereocenters. The Morgan fingerprint density at radius 1 is 0.447 bits per heavy atom. The molecule has 1 saturated carbocycles. The van der Waals surface area contributed by atoms with Gasteiger partial charge in [0, 0.05) is 77.7 Å². The molecule has 4 fully saturated rings. The van der Waals surface area contributed by atoms with Gasteiger partial charge in [0.2, 0.25) is 0 Å². The highest BCUT2D eigenvalue weighted by Crippen LogP contribution is 2.32. The Morgan fingerprint density at radius 2 is 0.803 bits per heavy atom. The van der Waals surface area contributed by atoms with E-state index < -0.39 is 11.2 Å². The number of nitrogens with zero attached hydrogens (tertiary/aromatic N) is 3. The van der Waals surface area contributed by atoms with Crippen molar-refractivity contribution >= 4 is 90.2 Å². The minimum atomic E-state index is -0.527. The monoisotopic (exact) mass is 1110 g/mol. The molecule has 0 spiro atoms. The number of rotatable bonds is 7. The van der Waals surface area contributed by atoms with Crippen molar-refractivity contribution < 1.29 is 33.4 Å². The van der Waals surface area contributed by atoms with Crippen LogP contribution in [0.1, 0.15) is 142 Å². The van der Waals surface area contributed by atoms with E-state index in [1.54, 1.807) is 9.80 Å². The van der Waals surface area contributed by atoms with Gasteiger partial charge in [0.1, 0.15) is 11.2 Å². The smallest absolute Gasteiger partial charge is 0.410 e. The maximum absolute atomic E-state index is 13.0. The lowest BCUT2D eigenvalue weighted by molar-refractivity contribution is 0.0159. The lowest BCUT2D eigenvalue weighted by Gasteiger charge is -2.42. The molecule has 4 aliphatic rings. The zero-order chi connectivity index (χ0) is 53.6. The number of amides is 2. The Balaban J connectivity index is 0.000000165. The summed E-state index contributed by atoms with van der Waals surface area (Å²) in [6.45, 7) is 19.6. The van der Waals surface area contributed by atoms with E-state index in [9.17, 15) is 24.0 Å². The van der Waals surface area contributed by atoms with Gasteiger partial charge in [-0.15, -0.1) is 12.4 Å². The van der Waals surface area contributed by atoms with Crippen LogP contribution in [-0.4, -0.2) is 101 Å². The van der Waals surface area contributed by atoms with Crippen LogP contribution >= 0.6 is 28.3 Å². The van der Waals surface area contributed by atoms with E-state index in [2.05, 4.69) is 83.2 Å². The summed E-state index contributed by atoms with van der Waals surface area (Å²) in [5, 5.41) is 6.74. The molecule has 0 radical (unpaired) electrons. The highest BCUT2D eigenvalue weighted by molar-refractivity contribution is 9.10. The molecule has 6 aromatic carbocycles. The summed E-state index contributed by atoms with van der Waals surface area (Å²) < 4.78 is 11.9. The Bertz CT molecular complexity index is 2920. The average molecular weight is 1120 g/mol. The predicted octanol–water partition coefficient (Wildman–Crippen LogP) is 15.4. The molecule has 1 aliphatic carbocycles. The topological polar surface area (TPSA) is 114 Å². The number of halogens is 2. The van der Waals surface area contributed by atoms with E-state index in [0.29, 0.717) is 37.5 Å². The lowest BCUT2D eigenvalue weighted by atomic mass is 9.85. The van der Waals surface area contributed by atoms with E-state index in [1.807, 2.05) is 102 Å². The number of Topliss-reactive ketones (excluding diaryl/α,β-unsaturated/α-hetero) is 3. The van der Waals surface area contributed by atoms with Crippen LogP contribution in [0.2, 0.25) is 0 Å². The standard InChI is InChI=1S/C22H27NO3.C21H24BrNO3.C21H25NO.ClH/c1-15-7-8-17-13-18(10-9-16(17)12-15)20(24)19-6-5-11-23(14-19)21(25)26-22(2,3)4;1-21(2,3)26-20(25)23-10-4-5-17(13-23)19(24)16-7-6-15-12-18(22)9-8-14(15)11-16;1-15-7-8-17-13-18(10-9-16(17)12-15)21(23)19-4-3-11-22(14-19)20-5-2-6-20;/h7-10,12-13,19H,5-6,11,14H2,1-4H3;6-9,11-12,17H,4-5,10,13H2,1-3H3;7-10,12-13,19-20H,2-6,11,14H2,1H3;1H. The van der Waals surface area contributed by atoms with Crippen molar-refractivity contribution in [1.29, 1.82) is 0 Å². The molecule has 10 rings (SSSR count). The number of ketones is 3. The predicted molar refractivity (Wildman–Crippen MR) is 312 cm³/mol. The van der Waals surface area contributed by atoms with Gasteiger partial charge in [-0.3, -0.25) is 19.3 Å². The van der Waals surface area contributed by atoms with Crippen LogP contribution in [0.3, 0.4) is 0 Å². The molecule has 6 aromatic rings. The Labute approximate surface area is 464 Å². The quantitative estimate of drug-likeness (QED) is 0.145. The van der Waals surface area contributed by atoms with Crippen molar-refractivity contribution in [2.75, 3.05) is 39.3 Å². The minimum Gasteiger partial charge on any atom is -0.444 e. The van der Waals surface area contributed by atoms with E-state index in [-0.39, 0.29) is 53.9 Å². The second-order valence-corrected chi connectivity index (χ2v) is 24.3. The molecular formula is C64H77BrClN3O7. The van der Waals surface area contributed by atoms with Crippen LogP contribution in [0, 0.1) is 31.6 Å². The summed E-state index contributed by atoms with van der Waals surface area (Å²) in [6, 6.07) is 37.3. The molecule has 12 heteroatoms. The average Bonchev–Trinajstić information content (AvgIpc) is 3.37. The molecule has 0 bridgehead atoms. The third kappa shape index (κ3) is 15.3. The zero-order valence-corrected chi connectivity index (χ0v) is 48.2. The highest BCUT2D eigenvalue weighted by Gasteiger charge is 2.35. The van der Waals surface area contributed by atoms with Gasteiger partial charge in [-0.1, -0.05) is 112 Å². The minimum absolute atomic E-state index is 0.